The molecule has 0 bridgehead atoms. The Kier molecular flexibility index (Phi) is 7.95. The van der Waals surface area contributed by atoms with Gasteiger partial charge in [-0.2, -0.15) is 0 Å². The normalized spacial score (nSPS) is 22.9. The lowest BCUT2D eigenvalue weighted by atomic mass is 10.1. The first-order chi connectivity index (χ1) is 9.72. The highest BCUT2D eigenvalue weighted by atomic mass is 35.5. The van der Waals surface area contributed by atoms with Crippen LogP contribution in [0.5, 0.6) is 0 Å². The molecule has 2 aliphatic rings. The molecule has 1 N–H and O–H groups in total. The topological polar surface area (TPSA) is 71.1 Å². The summed E-state index contributed by atoms with van der Waals surface area (Å²) < 4.78 is 10.2. The minimum Gasteiger partial charge on any atom is -0.383 e. The Balaban J connectivity index is 0.00000220. The molecule has 0 aromatic heterocycles. The third-order valence-corrected chi connectivity index (χ3v) is 3.69. The number of morpholine rings is 1. The second-order valence-corrected chi connectivity index (χ2v) is 5.02. The number of nitrogens with zero attached hydrogens (tertiary/aromatic N) is 2. The van der Waals surface area contributed by atoms with Gasteiger partial charge in [0.2, 0.25) is 11.8 Å². The van der Waals surface area contributed by atoms with Crippen molar-refractivity contribution in [1.82, 2.24) is 15.1 Å². The lowest BCUT2D eigenvalue weighted by Crippen LogP contribution is -2.57. The van der Waals surface area contributed by atoms with Gasteiger partial charge in [0, 0.05) is 39.8 Å². The zero-order valence-corrected chi connectivity index (χ0v) is 13.2. The zero-order valence-electron chi connectivity index (χ0n) is 12.4. The maximum absolute atomic E-state index is 12.3. The van der Waals surface area contributed by atoms with Gasteiger partial charge < -0.3 is 24.6 Å². The number of ether oxygens (including phenoxy) is 2. The van der Waals surface area contributed by atoms with E-state index in [0.717, 1.165) is 6.54 Å². The van der Waals surface area contributed by atoms with Crippen LogP contribution in [0.1, 0.15) is 6.42 Å². The van der Waals surface area contributed by atoms with Crippen molar-refractivity contribution in [2.75, 3.05) is 59.7 Å². The van der Waals surface area contributed by atoms with Gasteiger partial charge in [-0.1, -0.05) is 0 Å². The molecule has 0 aliphatic carbocycles. The Morgan fingerprint density at radius 3 is 2.76 bits per heavy atom. The molecule has 0 aromatic carbocycles. The molecule has 2 aliphatic heterocycles. The maximum atomic E-state index is 12.3. The molecule has 2 amide bonds. The van der Waals surface area contributed by atoms with Crippen LogP contribution in [0.2, 0.25) is 0 Å². The highest BCUT2D eigenvalue weighted by Gasteiger charge is 2.31. The molecule has 7 nitrogen and oxygen atoms in total. The van der Waals surface area contributed by atoms with Crippen LogP contribution in [0.15, 0.2) is 0 Å². The lowest BCUT2D eigenvalue weighted by molar-refractivity contribution is -0.143. The molecule has 0 radical (unpaired) electrons. The standard InChI is InChI=1S/C13H23N3O4.ClH/c1-19-7-4-16-3-2-14-11(13(16)18)10-12(17)15-5-8-20-9-6-15;/h11,14H,2-10H2,1H3;1H. The molecular formula is C13H24ClN3O4. The average Bonchev–Trinajstić information content (AvgIpc) is 2.49. The fourth-order valence-corrected chi connectivity index (χ4v) is 2.49. The van der Waals surface area contributed by atoms with Crippen LogP contribution in [0, 0.1) is 0 Å². The second-order valence-electron chi connectivity index (χ2n) is 5.02. The average molecular weight is 322 g/mol. The predicted molar refractivity (Wildman–Crippen MR) is 79.5 cm³/mol. The number of piperazine rings is 1. The molecule has 0 spiro atoms. The van der Waals surface area contributed by atoms with E-state index < -0.39 is 6.04 Å². The predicted octanol–water partition coefficient (Wildman–Crippen LogP) is -0.896. The van der Waals surface area contributed by atoms with Gasteiger partial charge in [-0.05, 0) is 0 Å². The fraction of sp³-hybridized carbons (Fsp3) is 0.846. The number of rotatable bonds is 5. The molecule has 8 heteroatoms. The van der Waals surface area contributed by atoms with Crippen LogP contribution in [0.3, 0.4) is 0 Å². The highest BCUT2D eigenvalue weighted by molar-refractivity contribution is 5.89. The van der Waals surface area contributed by atoms with E-state index in [1.807, 2.05) is 0 Å². The fourth-order valence-electron chi connectivity index (χ4n) is 2.49. The maximum Gasteiger partial charge on any atom is 0.240 e. The van der Waals surface area contributed by atoms with Crippen molar-refractivity contribution >= 4 is 24.2 Å². The Hall–Kier alpha value is -0.890. The van der Waals surface area contributed by atoms with Crippen molar-refractivity contribution in [2.45, 2.75) is 12.5 Å². The summed E-state index contributed by atoms with van der Waals surface area (Å²) in [5.74, 6) is 0.0163. The van der Waals surface area contributed by atoms with Crippen molar-refractivity contribution in [2.24, 2.45) is 0 Å². The molecule has 0 saturated carbocycles. The van der Waals surface area contributed by atoms with E-state index in [-0.39, 0.29) is 30.6 Å². The molecule has 2 rings (SSSR count). The van der Waals surface area contributed by atoms with Gasteiger partial charge in [-0.25, -0.2) is 0 Å². The molecule has 21 heavy (non-hydrogen) atoms. The zero-order chi connectivity index (χ0) is 14.4. The number of nitrogens with one attached hydrogen (secondary N) is 1. The quantitative estimate of drug-likeness (QED) is 0.711. The number of amides is 2. The molecule has 2 heterocycles. The minimum absolute atomic E-state index is 0. The molecule has 2 fully saturated rings. The summed E-state index contributed by atoms with van der Waals surface area (Å²) in [6.45, 7) is 4.89. The summed E-state index contributed by atoms with van der Waals surface area (Å²) in [4.78, 5) is 28.0. The molecule has 1 unspecified atom stereocenters. The largest absolute Gasteiger partial charge is 0.383 e. The summed E-state index contributed by atoms with van der Waals surface area (Å²) in [7, 11) is 1.62. The SMILES string of the molecule is COCCN1CCNC(CC(=O)N2CCOCC2)C1=O.Cl. The van der Waals surface area contributed by atoms with E-state index in [9.17, 15) is 9.59 Å². The van der Waals surface area contributed by atoms with Crippen LogP contribution in [-0.2, 0) is 19.1 Å². The van der Waals surface area contributed by atoms with Crippen LogP contribution < -0.4 is 5.32 Å². The number of hydrogen-bond acceptors (Lipinski definition) is 5. The van der Waals surface area contributed by atoms with Crippen molar-refractivity contribution in [3.63, 3.8) is 0 Å². The number of hydrogen-bond donors (Lipinski definition) is 1. The Bertz CT molecular complexity index is 350. The molecule has 1 atom stereocenters. The highest BCUT2D eigenvalue weighted by Crippen LogP contribution is 2.08. The van der Waals surface area contributed by atoms with Crippen LogP contribution in [0.4, 0.5) is 0 Å². The van der Waals surface area contributed by atoms with Gasteiger partial charge in [0.1, 0.15) is 0 Å². The van der Waals surface area contributed by atoms with E-state index in [2.05, 4.69) is 5.32 Å². The van der Waals surface area contributed by atoms with E-state index in [0.29, 0.717) is 46.0 Å². The van der Waals surface area contributed by atoms with Crippen LogP contribution in [0.25, 0.3) is 0 Å². The Morgan fingerprint density at radius 2 is 2.10 bits per heavy atom. The summed E-state index contributed by atoms with van der Waals surface area (Å²) >= 11 is 0. The van der Waals surface area contributed by atoms with Crippen molar-refractivity contribution in [3.8, 4) is 0 Å². The lowest BCUT2D eigenvalue weighted by Gasteiger charge is -2.34. The first-order valence-electron chi connectivity index (χ1n) is 7.09. The third kappa shape index (κ3) is 5.10. The number of halogens is 1. The van der Waals surface area contributed by atoms with Gasteiger partial charge in [0.05, 0.1) is 32.3 Å². The summed E-state index contributed by atoms with van der Waals surface area (Å²) in [5.41, 5.74) is 0. The van der Waals surface area contributed by atoms with Crippen molar-refractivity contribution < 1.29 is 19.1 Å². The first-order valence-corrected chi connectivity index (χ1v) is 7.09. The molecule has 122 valence electrons. The summed E-state index contributed by atoms with van der Waals surface area (Å²) in [6, 6.07) is -0.407. The first kappa shape index (κ1) is 18.2. The van der Waals surface area contributed by atoms with Gasteiger partial charge in [-0.15, -0.1) is 12.4 Å². The van der Waals surface area contributed by atoms with E-state index >= 15 is 0 Å². The monoisotopic (exact) mass is 321 g/mol. The van der Waals surface area contributed by atoms with E-state index in [1.165, 1.54) is 0 Å². The van der Waals surface area contributed by atoms with E-state index in [1.54, 1.807) is 16.9 Å². The smallest absolute Gasteiger partial charge is 0.240 e. The Labute approximate surface area is 131 Å². The van der Waals surface area contributed by atoms with Crippen LogP contribution >= 0.6 is 12.4 Å². The minimum atomic E-state index is -0.407. The summed E-state index contributed by atoms with van der Waals surface area (Å²) in [6.07, 6.45) is 0.225. The van der Waals surface area contributed by atoms with Crippen molar-refractivity contribution in [3.05, 3.63) is 0 Å². The summed E-state index contributed by atoms with van der Waals surface area (Å²) in [5, 5.41) is 3.13. The van der Waals surface area contributed by atoms with Gasteiger partial charge >= 0.3 is 0 Å². The number of carbonyl (C=O) groups is 2. The van der Waals surface area contributed by atoms with E-state index in [4.69, 9.17) is 9.47 Å². The Morgan fingerprint density at radius 1 is 1.38 bits per heavy atom. The molecule has 0 aromatic rings. The third-order valence-electron chi connectivity index (χ3n) is 3.69. The van der Waals surface area contributed by atoms with Gasteiger partial charge in [0.25, 0.3) is 0 Å². The second kappa shape index (κ2) is 9.19. The molecule has 2 saturated heterocycles. The number of carbonyl (C=O) groups excluding carboxylic acids is 2. The van der Waals surface area contributed by atoms with Crippen LogP contribution in [-0.4, -0.2) is 87.3 Å². The van der Waals surface area contributed by atoms with Gasteiger partial charge in [0.15, 0.2) is 0 Å². The van der Waals surface area contributed by atoms with Gasteiger partial charge in [-0.3, -0.25) is 9.59 Å². The van der Waals surface area contributed by atoms with Crippen molar-refractivity contribution in [1.29, 1.82) is 0 Å². The number of methoxy groups -OCH3 is 1. The molecular weight excluding hydrogens is 298 g/mol.